The molecule has 1 aliphatic carbocycles. The normalized spacial score (nSPS) is 18.4. The van der Waals surface area contributed by atoms with Gasteiger partial charge in [0.25, 0.3) is 0 Å². The molecular formula is C11H12O3. The summed E-state index contributed by atoms with van der Waals surface area (Å²) < 4.78 is 10.3. The van der Waals surface area contributed by atoms with Crippen LogP contribution in [0.15, 0.2) is 28.6 Å². The van der Waals surface area contributed by atoms with Crippen molar-refractivity contribution in [3.8, 4) is 0 Å². The fourth-order valence-electron chi connectivity index (χ4n) is 1.57. The maximum absolute atomic E-state index is 11.8. The Labute approximate surface area is 82.4 Å². The number of hydrogen-bond acceptors (Lipinski definition) is 3. The molecule has 1 aliphatic rings. The summed E-state index contributed by atoms with van der Waals surface area (Å²) in [5.41, 5.74) is 1.42. The zero-order valence-corrected chi connectivity index (χ0v) is 8.08. The summed E-state index contributed by atoms with van der Waals surface area (Å²) in [4.78, 5) is 11.8. The minimum Gasteiger partial charge on any atom is -0.501 e. The van der Waals surface area contributed by atoms with Gasteiger partial charge in [-0.15, -0.1) is 0 Å². The van der Waals surface area contributed by atoms with E-state index in [0.29, 0.717) is 18.6 Å². The van der Waals surface area contributed by atoms with Crippen LogP contribution >= 0.6 is 0 Å². The van der Waals surface area contributed by atoms with E-state index >= 15 is 0 Å². The van der Waals surface area contributed by atoms with E-state index < -0.39 is 0 Å². The van der Waals surface area contributed by atoms with Crippen LogP contribution < -0.4 is 0 Å². The highest BCUT2D eigenvalue weighted by molar-refractivity contribution is 6.10. The highest BCUT2D eigenvalue weighted by Gasteiger charge is 2.24. The van der Waals surface area contributed by atoms with E-state index in [4.69, 9.17) is 9.15 Å². The van der Waals surface area contributed by atoms with E-state index in [9.17, 15) is 4.79 Å². The largest absolute Gasteiger partial charge is 0.501 e. The zero-order valence-electron chi connectivity index (χ0n) is 8.08. The molecule has 2 rings (SSSR count). The van der Waals surface area contributed by atoms with Gasteiger partial charge in [0.1, 0.15) is 5.76 Å². The van der Waals surface area contributed by atoms with Gasteiger partial charge >= 0.3 is 0 Å². The molecular weight excluding hydrogens is 180 g/mol. The quantitative estimate of drug-likeness (QED) is 0.533. The van der Waals surface area contributed by atoms with Crippen LogP contribution in [0.3, 0.4) is 0 Å². The molecule has 0 aliphatic heterocycles. The summed E-state index contributed by atoms with van der Waals surface area (Å²) in [6.45, 7) is 2.49. The Bertz CT molecular complexity index is 374. The summed E-state index contributed by atoms with van der Waals surface area (Å²) in [5.74, 6) is 0.831. The van der Waals surface area contributed by atoms with Gasteiger partial charge in [0.15, 0.2) is 5.78 Å². The first kappa shape index (κ1) is 9.06. The van der Waals surface area contributed by atoms with Crippen LogP contribution in [-0.2, 0) is 11.2 Å². The first-order chi connectivity index (χ1) is 6.83. The number of rotatable bonds is 2. The summed E-state index contributed by atoms with van der Waals surface area (Å²) in [6.07, 6.45) is 4.62. The van der Waals surface area contributed by atoms with Gasteiger partial charge in [-0.25, -0.2) is 0 Å². The van der Waals surface area contributed by atoms with Gasteiger partial charge in [-0.1, -0.05) is 0 Å². The number of ketones is 1. The number of Topliss-reactive ketones (excluding diaryl/α,β-unsaturated/α-hetero) is 1. The van der Waals surface area contributed by atoms with Crippen molar-refractivity contribution in [1.29, 1.82) is 0 Å². The van der Waals surface area contributed by atoms with Crippen LogP contribution in [-0.4, -0.2) is 12.4 Å². The van der Waals surface area contributed by atoms with E-state index in [0.717, 1.165) is 17.8 Å². The molecule has 0 unspecified atom stereocenters. The van der Waals surface area contributed by atoms with Crippen molar-refractivity contribution in [2.75, 3.05) is 6.61 Å². The topological polar surface area (TPSA) is 39.4 Å². The predicted octanol–water partition coefficient (Wildman–Crippen LogP) is 2.33. The van der Waals surface area contributed by atoms with Crippen molar-refractivity contribution >= 4 is 5.78 Å². The van der Waals surface area contributed by atoms with Crippen molar-refractivity contribution in [2.45, 2.75) is 19.8 Å². The van der Waals surface area contributed by atoms with Crippen molar-refractivity contribution in [2.24, 2.45) is 0 Å². The SMILES string of the molecule is CCO/C=C1/CCc2occc2C1=O. The molecule has 0 amide bonds. The van der Waals surface area contributed by atoms with Crippen molar-refractivity contribution in [1.82, 2.24) is 0 Å². The Hall–Kier alpha value is -1.51. The van der Waals surface area contributed by atoms with E-state index in [1.165, 1.54) is 0 Å². The number of furan rings is 1. The molecule has 3 heteroatoms. The Kier molecular flexibility index (Phi) is 2.39. The number of ether oxygens (including phenoxy) is 1. The molecule has 0 atom stereocenters. The highest BCUT2D eigenvalue weighted by Crippen LogP contribution is 2.25. The fraction of sp³-hybridized carbons (Fsp3) is 0.364. The van der Waals surface area contributed by atoms with E-state index in [1.54, 1.807) is 18.6 Å². The van der Waals surface area contributed by atoms with Crippen LogP contribution in [0.2, 0.25) is 0 Å². The highest BCUT2D eigenvalue weighted by atomic mass is 16.5. The summed E-state index contributed by atoms with van der Waals surface area (Å²) in [5, 5.41) is 0. The zero-order chi connectivity index (χ0) is 9.97. The number of carbonyl (C=O) groups excluding carboxylic acids is 1. The van der Waals surface area contributed by atoms with Crippen LogP contribution in [0.25, 0.3) is 0 Å². The maximum Gasteiger partial charge on any atom is 0.195 e. The molecule has 1 aromatic heterocycles. The Morgan fingerprint density at radius 3 is 3.21 bits per heavy atom. The molecule has 0 aromatic carbocycles. The lowest BCUT2D eigenvalue weighted by Gasteiger charge is -2.11. The molecule has 0 fully saturated rings. The second kappa shape index (κ2) is 3.70. The van der Waals surface area contributed by atoms with Gasteiger partial charge in [0.05, 0.1) is 24.7 Å². The fourth-order valence-corrected chi connectivity index (χ4v) is 1.57. The van der Waals surface area contributed by atoms with Crippen molar-refractivity contribution < 1.29 is 13.9 Å². The Morgan fingerprint density at radius 2 is 2.43 bits per heavy atom. The molecule has 14 heavy (non-hydrogen) atoms. The molecule has 0 bridgehead atoms. The van der Waals surface area contributed by atoms with Gasteiger partial charge < -0.3 is 9.15 Å². The van der Waals surface area contributed by atoms with E-state index in [1.807, 2.05) is 6.92 Å². The predicted molar refractivity (Wildman–Crippen MR) is 51.1 cm³/mol. The van der Waals surface area contributed by atoms with Gasteiger partial charge in [0, 0.05) is 12.0 Å². The average Bonchev–Trinajstić information content (AvgIpc) is 2.66. The average molecular weight is 192 g/mol. The lowest BCUT2D eigenvalue weighted by Crippen LogP contribution is -2.12. The molecule has 1 aromatic rings. The second-order valence-electron chi connectivity index (χ2n) is 3.19. The summed E-state index contributed by atoms with van der Waals surface area (Å²) in [6, 6.07) is 1.72. The minimum absolute atomic E-state index is 0.0356. The number of allylic oxidation sites excluding steroid dienone is 1. The van der Waals surface area contributed by atoms with E-state index in [-0.39, 0.29) is 5.78 Å². The number of hydrogen-bond donors (Lipinski definition) is 0. The molecule has 0 spiro atoms. The standard InChI is InChI=1S/C11H12O3/c1-2-13-7-8-3-4-10-9(11(8)12)5-6-14-10/h5-7H,2-4H2,1H3/b8-7-. The molecule has 0 saturated carbocycles. The molecule has 3 nitrogen and oxygen atoms in total. The van der Waals surface area contributed by atoms with Gasteiger partial charge in [-0.3, -0.25) is 4.79 Å². The first-order valence-electron chi connectivity index (χ1n) is 4.74. The van der Waals surface area contributed by atoms with Gasteiger partial charge in [-0.05, 0) is 19.4 Å². The monoisotopic (exact) mass is 192 g/mol. The summed E-state index contributed by atoms with van der Waals surface area (Å²) >= 11 is 0. The molecule has 74 valence electrons. The Morgan fingerprint density at radius 1 is 1.57 bits per heavy atom. The second-order valence-corrected chi connectivity index (χ2v) is 3.19. The third kappa shape index (κ3) is 1.45. The third-order valence-corrected chi connectivity index (χ3v) is 2.30. The van der Waals surface area contributed by atoms with Gasteiger partial charge in [-0.2, -0.15) is 0 Å². The molecule has 0 saturated heterocycles. The smallest absolute Gasteiger partial charge is 0.195 e. The molecule has 0 radical (unpaired) electrons. The van der Waals surface area contributed by atoms with Crippen molar-refractivity contribution in [3.05, 3.63) is 35.5 Å². The maximum atomic E-state index is 11.8. The van der Waals surface area contributed by atoms with Crippen LogP contribution in [0.4, 0.5) is 0 Å². The first-order valence-corrected chi connectivity index (χ1v) is 4.74. The lowest BCUT2D eigenvalue weighted by atomic mass is 9.93. The van der Waals surface area contributed by atoms with Gasteiger partial charge in [0.2, 0.25) is 0 Å². The third-order valence-electron chi connectivity index (χ3n) is 2.30. The van der Waals surface area contributed by atoms with Crippen LogP contribution in [0.5, 0.6) is 0 Å². The summed E-state index contributed by atoms with van der Waals surface area (Å²) in [7, 11) is 0. The van der Waals surface area contributed by atoms with Crippen LogP contribution in [0, 0.1) is 0 Å². The Balaban J connectivity index is 2.25. The number of carbonyl (C=O) groups is 1. The number of fused-ring (bicyclic) bond motifs is 1. The van der Waals surface area contributed by atoms with Crippen molar-refractivity contribution in [3.63, 3.8) is 0 Å². The lowest BCUT2D eigenvalue weighted by molar-refractivity contribution is 0.101. The number of aryl methyl sites for hydroxylation is 1. The molecule has 0 N–H and O–H groups in total. The van der Waals surface area contributed by atoms with Crippen LogP contribution in [0.1, 0.15) is 29.5 Å². The van der Waals surface area contributed by atoms with E-state index in [2.05, 4.69) is 0 Å². The minimum atomic E-state index is 0.0356. The molecule has 1 heterocycles.